The van der Waals surface area contributed by atoms with Crippen molar-refractivity contribution in [2.75, 3.05) is 0 Å². The van der Waals surface area contributed by atoms with Gasteiger partial charge in [0.1, 0.15) is 6.10 Å². The molecule has 0 fully saturated rings. The molecule has 0 aromatic heterocycles. The fourth-order valence-electron chi connectivity index (χ4n) is 1.58. The maximum absolute atomic E-state index is 11.2. The number of aliphatic hydroxyl groups is 2. The van der Waals surface area contributed by atoms with E-state index in [1.54, 1.807) is 6.92 Å². The zero-order valence-electron chi connectivity index (χ0n) is 10.9. The molecule has 0 aliphatic carbocycles. The maximum Gasteiger partial charge on any atom is 0.337 e. The van der Waals surface area contributed by atoms with Gasteiger partial charge in [0, 0.05) is 0 Å². The van der Waals surface area contributed by atoms with Crippen LogP contribution in [0.5, 0.6) is 0 Å². The molecule has 0 amide bonds. The first-order chi connectivity index (χ1) is 9.14. The van der Waals surface area contributed by atoms with E-state index >= 15 is 0 Å². The molecule has 5 N–H and O–H groups in total. The van der Waals surface area contributed by atoms with E-state index in [0.717, 1.165) is 0 Å². The molecule has 20 heavy (non-hydrogen) atoms. The van der Waals surface area contributed by atoms with Crippen LogP contribution in [0.1, 0.15) is 32.6 Å². The number of hydrogen-bond acceptors (Lipinski definition) is 6. The molecular formula is C11H18O9. The minimum absolute atomic E-state index is 0.0804. The van der Waals surface area contributed by atoms with Gasteiger partial charge in [-0.05, 0) is 6.42 Å². The Bertz CT molecular complexity index is 349. The Kier molecular flexibility index (Phi) is 7.11. The first-order valence-electron chi connectivity index (χ1n) is 5.85. The van der Waals surface area contributed by atoms with E-state index in [4.69, 9.17) is 15.3 Å². The lowest BCUT2D eigenvalue weighted by Gasteiger charge is -2.30. The molecule has 0 spiro atoms. The molecule has 0 radical (unpaired) electrons. The zero-order chi connectivity index (χ0) is 15.9. The van der Waals surface area contributed by atoms with Gasteiger partial charge in [-0.25, -0.2) is 4.79 Å². The van der Waals surface area contributed by atoms with Crippen LogP contribution < -0.4 is 0 Å². The van der Waals surface area contributed by atoms with Crippen molar-refractivity contribution in [2.24, 2.45) is 0 Å². The van der Waals surface area contributed by atoms with Crippen LogP contribution in [0.3, 0.4) is 0 Å². The summed E-state index contributed by atoms with van der Waals surface area (Å²) in [6.45, 7) is 1.69. The van der Waals surface area contributed by atoms with Crippen molar-refractivity contribution in [3.05, 3.63) is 0 Å². The van der Waals surface area contributed by atoms with Gasteiger partial charge in [-0.15, -0.1) is 0 Å². The van der Waals surface area contributed by atoms with Crippen LogP contribution in [-0.4, -0.2) is 61.4 Å². The third kappa shape index (κ3) is 5.51. The number of rotatable bonds is 10. The smallest absolute Gasteiger partial charge is 0.337 e. The van der Waals surface area contributed by atoms with Gasteiger partial charge in [-0.1, -0.05) is 13.3 Å². The van der Waals surface area contributed by atoms with Gasteiger partial charge in [-0.2, -0.15) is 0 Å². The lowest BCUT2D eigenvalue weighted by molar-refractivity contribution is -0.237. The van der Waals surface area contributed by atoms with Crippen molar-refractivity contribution >= 4 is 17.9 Å². The van der Waals surface area contributed by atoms with Gasteiger partial charge in [0.15, 0.2) is 11.9 Å². The number of carboxylic acid groups (broad SMARTS) is 3. The Morgan fingerprint density at radius 2 is 1.50 bits per heavy atom. The lowest BCUT2D eigenvalue weighted by atomic mass is 9.95. The Balaban J connectivity index is 5.22. The molecular weight excluding hydrogens is 276 g/mol. The van der Waals surface area contributed by atoms with E-state index < -0.39 is 48.7 Å². The van der Waals surface area contributed by atoms with Crippen molar-refractivity contribution in [1.29, 1.82) is 0 Å². The second-order valence-corrected chi connectivity index (χ2v) is 4.30. The molecule has 0 bridgehead atoms. The fourth-order valence-corrected chi connectivity index (χ4v) is 1.58. The molecule has 116 valence electrons. The highest BCUT2D eigenvalue weighted by Crippen LogP contribution is 2.25. The summed E-state index contributed by atoms with van der Waals surface area (Å²) in [5, 5.41) is 45.4. The van der Waals surface area contributed by atoms with Crippen LogP contribution in [0.25, 0.3) is 0 Å². The SMILES string of the molecule is CCCC(O)C(O)OC(CC(=O)O)(CC(=O)O)C(=O)O. The van der Waals surface area contributed by atoms with Crippen LogP contribution in [0.15, 0.2) is 0 Å². The molecule has 0 aromatic rings. The second kappa shape index (κ2) is 7.78. The Labute approximate surface area is 114 Å². The standard InChI is InChI=1S/C11H18O9/c1-2-3-6(12)9(17)20-11(10(18)19,4-7(13)14)5-8(15)16/h6,9,12,17H,2-5H2,1H3,(H,13,14)(H,15,16)(H,18,19). The second-order valence-electron chi connectivity index (χ2n) is 4.30. The van der Waals surface area contributed by atoms with E-state index in [0.29, 0.717) is 6.42 Å². The number of carboxylic acids is 3. The highest BCUT2D eigenvalue weighted by Gasteiger charge is 2.47. The van der Waals surface area contributed by atoms with Crippen LogP contribution in [0, 0.1) is 0 Å². The Morgan fingerprint density at radius 3 is 1.80 bits per heavy atom. The molecule has 2 unspecified atom stereocenters. The quantitative estimate of drug-likeness (QED) is 0.326. The molecule has 9 heteroatoms. The number of hydrogen-bond donors (Lipinski definition) is 5. The van der Waals surface area contributed by atoms with E-state index in [1.807, 2.05) is 0 Å². The molecule has 0 aliphatic heterocycles. The Morgan fingerprint density at radius 1 is 1.05 bits per heavy atom. The number of carbonyl (C=O) groups is 3. The number of aliphatic hydroxyl groups excluding tert-OH is 2. The van der Waals surface area contributed by atoms with Gasteiger partial charge in [0.25, 0.3) is 0 Å². The van der Waals surface area contributed by atoms with Gasteiger partial charge in [0.2, 0.25) is 0 Å². The van der Waals surface area contributed by atoms with Crippen LogP contribution in [0.2, 0.25) is 0 Å². The van der Waals surface area contributed by atoms with Gasteiger partial charge < -0.3 is 30.3 Å². The summed E-state index contributed by atoms with van der Waals surface area (Å²) >= 11 is 0. The predicted octanol–water partition coefficient (Wildman–Crippen LogP) is -0.745. The van der Waals surface area contributed by atoms with Crippen LogP contribution in [0.4, 0.5) is 0 Å². The maximum atomic E-state index is 11.2. The summed E-state index contributed by atoms with van der Waals surface area (Å²) in [5.41, 5.74) is -2.65. The topological polar surface area (TPSA) is 162 Å². The predicted molar refractivity (Wildman–Crippen MR) is 62.9 cm³/mol. The van der Waals surface area contributed by atoms with Crippen molar-refractivity contribution in [3.8, 4) is 0 Å². The van der Waals surface area contributed by atoms with Gasteiger partial charge >= 0.3 is 17.9 Å². The van der Waals surface area contributed by atoms with Crippen LogP contribution >= 0.6 is 0 Å². The summed E-state index contributed by atoms with van der Waals surface area (Å²) in [7, 11) is 0. The molecule has 0 rings (SSSR count). The van der Waals surface area contributed by atoms with Crippen molar-refractivity contribution in [2.45, 2.75) is 50.6 Å². The number of ether oxygens (including phenoxy) is 1. The molecule has 2 atom stereocenters. The highest BCUT2D eigenvalue weighted by molar-refractivity contribution is 5.88. The number of aliphatic carboxylic acids is 3. The van der Waals surface area contributed by atoms with Crippen molar-refractivity contribution < 1.29 is 44.7 Å². The minimum Gasteiger partial charge on any atom is -0.481 e. The van der Waals surface area contributed by atoms with E-state index in [9.17, 15) is 24.6 Å². The normalized spacial score (nSPS) is 14.6. The molecule has 0 aromatic carbocycles. The third-order valence-corrected chi connectivity index (χ3v) is 2.52. The summed E-state index contributed by atoms with van der Waals surface area (Å²) < 4.78 is 4.68. The van der Waals surface area contributed by atoms with E-state index in [1.165, 1.54) is 0 Å². The molecule has 0 heterocycles. The molecule has 9 nitrogen and oxygen atoms in total. The monoisotopic (exact) mass is 294 g/mol. The van der Waals surface area contributed by atoms with Gasteiger partial charge in [-0.3, -0.25) is 9.59 Å². The lowest BCUT2D eigenvalue weighted by Crippen LogP contribution is -2.50. The molecule has 0 saturated carbocycles. The fraction of sp³-hybridized carbons (Fsp3) is 0.727. The average molecular weight is 294 g/mol. The zero-order valence-corrected chi connectivity index (χ0v) is 10.9. The highest BCUT2D eigenvalue weighted by atomic mass is 16.6. The molecule has 0 saturated heterocycles. The largest absolute Gasteiger partial charge is 0.481 e. The van der Waals surface area contributed by atoms with Crippen molar-refractivity contribution in [1.82, 2.24) is 0 Å². The third-order valence-electron chi connectivity index (χ3n) is 2.52. The summed E-state index contributed by atoms with van der Waals surface area (Å²) in [6, 6.07) is 0. The van der Waals surface area contributed by atoms with Crippen LogP contribution in [-0.2, 0) is 19.1 Å². The summed E-state index contributed by atoms with van der Waals surface area (Å²) in [5.74, 6) is -5.05. The van der Waals surface area contributed by atoms with E-state index in [2.05, 4.69) is 4.74 Å². The first kappa shape index (κ1) is 18.3. The minimum atomic E-state index is -2.65. The van der Waals surface area contributed by atoms with E-state index in [-0.39, 0.29) is 6.42 Å². The summed E-state index contributed by atoms with van der Waals surface area (Å²) in [6.07, 6.45) is -5.22. The first-order valence-corrected chi connectivity index (χ1v) is 5.85. The molecule has 0 aliphatic rings. The van der Waals surface area contributed by atoms with Crippen molar-refractivity contribution in [3.63, 3.8) is 0 Å². The summed E-state index contributed by atoms with van der Waals surface area (Å²) in [4.78, 5) is 32.6. The average Bonchev–Trinajstić information content (AvgIpc) is 2.26. The van der Waals surface area contributed by atoms with Gasteiger partial charge in [0.05, 0.1) is 12.8 Å². The Hall–Kier alpha value is -1.71.